The molecule has 6 nitrogen and oxygen atoms in total. The lowest BCUT2D eigenvalue weighted by atomic mass is 10.0. The van der Waals surface area contributed by atoms with Crippen molar-refractivity contribution in [1.29, 1.82) is 0 Å². The Morgan fingerprint density at radius 2 is 1.79 bits per heavy atom. The Bertz CT molecular complexity index is 1030. The fraction of sp³-hybridized carbons (Fsp3) is 0.182. The Hall–Kier alpha value is -3.54. The lowest BCUT2D eigenvalue weighted by Gasteiger charge is -2.10. The van der Waals surface area contributed by atoms with Crippen LogP contribution in [0.25, 0.3) is 22.4 Å². The SMILES string of the molecule is Cc1nc(NCCCn2ccnc2)cc(-c2cncc(-c3ccccc3)c2)n1. The lowest BCUT2D eigenvalue weighted by molar-refractivity contribution is 0.660. The van der Waals surface area contributed by atoms with Crippen LogP contribution < -0.4 is 5.32 Å². The number of benzene rings is 1. The highest BCUT2D eigenvalue weighted by atomic mass is 15.0. The average Bonchev–Trinajstić information content (AvgIpc) is 3.25. The molecule has 1 N–H and O–H groups in total. The number of imidazole rings is 1. The molecule has 0 saturated heterocycles. The topological polar surface area (TPSA) is 68.5 Å². The molecule has 0 fully saturated rings. The summed E-state index contributed by atoms with van der Waals surface area (Å²) in [6, 6.07) is 14.3. The Labute approximate surface area is 164 Å². The first-order valence-corrected chi connectivity index (χ1v) is 9.34. The number of anilines is 1. The van der Waals surface area contributed by atoms with Gasteiger partial charge in [-0.15, -0.1) is 0 Å². The Morgan fingerprint density at radius 3 is 2.61 bits per heavy atom. The van der Waals surface area contributed by atoms with Crippen molar-refractivity contribution in [2.24, 2.45) is 0 Å². The number of nitrogens with one attached hydrogen (secondary N) is 1. The van der Waals surface area contributed by atoms with Crippen molar-refractivity contribution in [1.82, 2.24) is 24.5 Å². The molecule has 3 aromatic heterocycles. The molecule has 0 bridgehead atoms. The van der Waals surface area contributed by atoms with Gasteiger partial charge >= 0.3 is 0 Å². The zero-order valence-electron chi connectivity index (χ0n) is 15.8. The lowest BCUT2D eigenvalue weighted by Crippen LogP contribution is -2.08. The third-order valence-electron chi connectivity index (χ3n) is 4.44. The molecule has 0 aliphatic carbocycles. The van der Waals surface area contributed by atoms with E-state index in [9.17, 15) is 0 Å². The van der Waals surface area contributed by atoms with Gasteiger partial charge in [0.15, 0.2) is 0 Å². The van der Waals surface area contributed by atoms with E-state index in [2.05, 4.69) is 48.0 Å². The highest BCUT2D eigenvalue weighted by Crippen LogP contribution is 2.25. The predicted molar refractivity (Wildman–Crippen MR) is 111 cm³/mol. The Balaban J connectivity index is 1.49. The fourth-order valence-corrected chi connectivity index (χ4v) is 3.07. The summed E-state index contributed by atoms with van der Waals surface area (Å²) in [5, 5.41) is 3.40. The van der Waals surface area contributed by atoms with Crippen LogP contribution in [0.4, 0.5) is 5.82 Å². The number of aryl methyl sites for hydroxylation is 2. The monoisotopic (exact) mass is 370 g/mol. The Morgan fingerprint density at radius 1 is 0.929 bits per heavy atom. The standard InChI is InChI=1S/C22H22N6/c1-17-26-21(13-22(27-17)25-8-5-10-28-11-9-23-16-28)20-12-19(14-24-15-20)18-6-3-2-4-7-18/h2-4,6-7,9,11-16H,5,8,10H2,1H3,(H,25,26,27). The van der Waals surface area contributed by atoms with Crippen molar-refractivity contribution in [2.45, 2.75) is 19.9 Å². The van der Waals surface area contributed by atoms with E-state index in [-0.39, 0.29) is 0 Å². The van der Waals surface area contributed by atoms with E-state index in [0.29, 0.717) is 0 Å². The zero-order valence-corrected chi connectivity index (χ0v) is 15.8. The molecule has 0 amide bonds. The largest absolute Gasteiger partial charge is 0.370 e. The van der Waals surface area contributed by atoms with Crippen LogP contribution >= 0.6 is 0 Å². The van der Waals surface area contributed by atoms with Gasteiger partial charge in [-0.25, -0.2) is 15.0 Å². The first kappa shape index (κ1) is 17.9. The second kappa shape index (κ2) is 8.43. The molecule has 28 heavy (non-hydrogen) atoms. The van der Waals surface area contributed by atoms with E-state index >= 15 is 0 Å². The molecule has 0 spiro atoms. The number of pyridine rings is 1. The second-order valence-electron chi connectivity index (χ2n) is 6.59. The Kier molecular flexibility index (Phi) is 5.38. The average molecular weight is 370 g/mol. The molecular weight excluding hydrogens is 348 g/mol. The van der Waals surface area contributed by atoms with Crippen LogP contribution in [0.5, 0.6) is 0 Å². The van der Waals surface area contributed by atoms with Crippen molar-refractivity contribution in [3.63, 3.8) is 0 Å². The maximum atomic E-state index is 4.60. The van der Waals surface area contributed by atoms with Crippen LogP contribution in [0.3, 0.4) is 0 Å². The van der Waals surface area contributed by atoms with E-state index in [0.717, 1.165) is 53.5 Å². The quantitative estimate of drug-likeness (QED) is 0.494. The number of hydrogen-bond acceptors (Lipinski definition) is 5. The highest BCUT2D eigenvalue weighted by molar-refractivity contribution is 5.71. The van der Waals surface area contributed by atoms with Gasteiger partial charge < -0.3 is 9.88 Å². The van der Waals surface area contributed by atoms with Crippen LogP contribution in [0.15, 0.2) is 73.6 Å². The molecule has 0 radical (unpaired) electrons. The minimum atomic E-state index is 0.736. The summed E-state index contributed by atoms with van der Waals surface area (Å²) in [5.41, 5.74) is 4.06. The second-order valence-corrected chi connectivity index (χ2v) is 6.59. The van der Waals surface area contributed by atoms with Crippen LogP contribution in [-0.4, -0.2) is 31.0 Å². The van der Waals surface area contributed by atoms with Crippen molar-refractivity contribution < 1.29 is 0 Å². The highest BCUT2D eigenvalue weighted by Gasteiger charge is 2.07. The first-order chi connectivity index (χ1) is 13.8. The predicted octanol–water partition coefficient (Wildman–Crippen LogP) is 4.21. The summed E-state index contributed by atoms with van der Waals surface area (Å²) in [5.74, 6) is 1.57. The summed E-state index contributed by atoms with van der Waals surface area (Å²) in [4.78, 5) is 17.6. The number of nitrogens with zero attached hydrogens (tertiary/aromatic N) is 5. The minimum absolute atomic E-state index is 0.736. The van der Waals surface area contributed by atoms with Crippen LogP contribution in [-0.2, 0) is 6.54 Å². The molecule has 4 rings (SSSR count). The smallest absolute Gasteiger partial charge is 0.130 e. The van der Waals surface area contributed by atoms with E-state index in [4.69, 9.17) is 0 Å². The molecule has 0 saturated carbocycles. The normalized spacial score (nSPS) is 10.8. The molecule has 0 aliphatic heterocycles. The van der Waals surface area contributed by atoms with Crippen molar-refractivity contribution in [3.8, 4) is 22.4 Å². The van der Waals surface area contributed by atoms with Crippen LogP contribution in [0.1, 0.15) is 12.2 Å². The van der Waals surface area contributed by atoms with Crippen LogP contribution in [0, 0.1) is 6.92 Å². The summed E-state index contributed by atoms with van der Waals surface area (Å²) in [6.07, 6.45) is 10.3. The minimum Gasteiger partial charge on any atom is -0.370 e. The van der Waals surface area contributed by atoms with Gasteiger partial charge in [0.25, 0.3) is 0 Å². The maximum absolute atomic E-state index is 4.60. The van der Waals surface area contributed by atoms with E-state index in [1.165, 1.54) is 0 Å². The van der Waals surface area contributed by atoms with Crippen molar-refractivity contribution >= 4 is 5.82 Å². The third-order valence-corrected chi connectivity index (χ3v) is 4.44. The van der Waals surface area contributed by atoms with Gasteiger partial charge in [-0.3, -0.25) is 4.98 Å². The van der Waals surface area contributed by atoms with E-state index in [1.807, 2.05) is 56.1 Å². The van der Waals surface area contributed by atoms with Gasteiger partial charge in [-0.1, -0.05) is 30.3 Å². The molecular formula is C22H22N6. The molecule has 140 valence electrons. The molecule has 0 atom stereocenters. The van der Waals surface area contributed by atoms with Crippen LogP contribution in [0.2, 0.25) is 0 Å². The number of hydrogen-bond donors (Lipinski definition) is 1. The molecule has 0 aliphatic rings. The summed E-state index contributed by atoms with van der Waals surface area (Å²) in [6.45, 7) is 3.66. The zero-order chi connectivity index (χ0) is 19.2. The van der Waals surface area contributed by atoms with Gasteiger partial charge in [-0.05, 0) is 25.0 Å². The fourth-order valence-electron chi connectivity index (χ4n) is 3.07. The van der Waals surface area contributed by atoms with E-state index in [1.54, 1.807) is 6.20 Å². The maximum Gasteiger partial charge on any atom is 0.130 e. The van der Waals surface area contributed by atoms with E-state index < -0.39 is 0 Å². The first-order valence-electron chi connectivity index (χ1n) is 9.34. The van der Waals surface area contributed by atoms with Gasteiger partial charge in [0, 0.05) is 55.1 Å². The van der Waals surface area contributed by atoms with Crippen molar-refractivity contribution in [3.05, 3.63) is 79.4 Å². The molecule has 6 heteroatoms. The molecule has 0 unspecified atom stereocenters. The summed E-state index contributed by atoms with van der Waals surface area (Å²) >= 11 is 0. The van der Waals surface area contributed by atoms with Gasteiger partial charge in [-0.2, -0.15) is 0 Å². The number of aromatic nitrogens is 5. The molecule has 3 heterocycles. The third kappa shape index (κ3) is 4.40. The number of rotatable bonds is 7. The van der Waals surface area contributed by atoms with Gasteiger partial charge in [0.05, 0.1) is 12.0 Å². The summed E-state index contributed by atoms with van der Waals surface area (Å²) < 4.78 is 2.07. The van der Waals surface area contributed by atoms with Gasteiger partial charge in [0.2, 0.25) is 0 Å². The van der Waals surface area contributed by atoms with Gasteiger partial charge in [0.1, 0.15) is 11.6 Å². The molecule has 1 aromatic carbocycles. The van der Waals surface area contributed by atoms with Crippen molar-refractivity contribution in [2.75, 3.05) is 11.9 Å². The molecule has 4 aromatic rings. The summed E-state index contributed by atoms with van der Waals surface area (Å²) in [7, 11) is 0.